The highest BCUT2D eigenvalue weighted by Gasteiger charge is 2.12. The Balaban J connectivity index is 0.000000214. The van der Waals surface area contributed by atoms with Gasteiger partial charge in [0.05, 0.1) is 40.9 Å². The van der Waals surface area contributed by atoms with Gasteiger partial charge in [-0.05, 0) is 25.0 Å². The van der Waals surface area contributed by atoms with Crippen molar-refractivity contribution in [3.8, 4) is 0 Å². The molecule has 298 valence electrons. The molecule has 4 aromatic heterocycles. The van der Waals surface area contributed by atoms with Crippen LogP contribution in [-0.4, -0.2) is 29.1 Å². The van der Waals surface area contributed by atoms with Gasteiger partial charge in [0.15, 0.2) is 5.82 Å². The van der Waals surface area contributed by atoms with Crippen molar-refractivity contribution in [1.82, 2.24) is 29.1 Å². The molecule has 0 saturated carbocycles. The number of pyridine rings is 2. The normalized spacial score (nSPS) is 11.6. The second-order valence-electron chi connectivity index (χ2n) is 15.9. The molecule has 0 amide bonds. The van der Waals surface area contributed by atoms with Gasteiger partial charge in [-0.25, -0.2) is 15.0 Å². The van der Waals surface area contributed by atoms with E-state index in [1.807, 2.05) is 37.1 Å². The first-order chi connectivity index (χ1) is 27.2. The lowest BCUT2D eigenvalue weighted by molar-refractivity contribution is 0.526. The number of benzene rings is 2. The van der Waals surface area contributed by atoms with Gasteiger partial charge in [0.2, 0.25) is 0 Å². The standard InChI is InChI=1S/C26H40N4.C22H31N3/c1-2-3-4-5-6-7-8-9-10-11-12-13-14-17-20-30-21-28-24-25(30)22-18-15-16-19-23(22)29-26(24)27;1-2-3-4-5-6-7-8-9-10-13-16-25-18-24-21-17-23-20-15-12-11-14-19(20)22(21)25/h15-16,18-19,21H,2-14,17,20H2,1H3,(H2,27,29);11-12,14-15,17-18H,2-10,13,16H2,1H3. The zero-order chi connectivity index (χ0) is 38.3. The van der Waals surface area contributed by atoms with E-state index >= 15 is 0 Å². The van der Waals surface area contributed by atoms with E-state index in [1.54, 1.807) is 0 Å². The molecule has 0 aliphatic carbocycles. The predicted octanol–water partition coefficient (Wildman–Crippen LogP) is 14.2. The molecule has 0 unspecified atom stereocenters. The molecule has 7 nitrogen and oxygen atoms in total. The molecule has 2 N–H and O–H groups in total. The summed E-state index contributed by atoms with van der Waals surface area (Å²) in [6.07, 6.45) is 38.9. The summed E-state index contributed by atoms with van der Waals surface area (Å²) in [4.78, 5) is 18.1. The summed E-state index contributed by atoms with van der Waals surface area (Å²) in [5.41, 5.74) is 12.3. The van der Waals surface area contributed by atoms with Crippen molar-refractivity contribution in [1.29, 1.82) is 0 Å². The first kappa shape index (κ1) is 42.1. The lowest BCUT2D eigenvalue weighted by Crippen LogP contribution is -1.99. The van der Waals surface area contributed by atoms with E-state index in [-0.39, 0.29) is 0 Å². The number of rotatable bonds is 26. The van der Waals surface area contributed by atoms with E-state index in [2.05, 4.69) is 73.2 Å². The molecule has 7 heteroatoms. The summed E-state index contributed by atoms with van der Waals surface area (Å²) in [5, 5.41) is 2.36. The quantitative estimate of drug-likeness (QED) is 0.0559. The van der Waals surface area contributed by atoms with Crippen molar-refractivity contribution < 1.29 is 0 Å². The number of aryl methyl sites for hydroxylation is 2. The van der Waals surface area contributed by atoms with Crippen LogP contribution in [0.25, 0.3) is 43.9 Å². The fraction of sp³-hybridized carbons (Fsp3) is 0.583. The van der Waals surface area contributed by atoms with Crippen LogP contribution in [0.5, 0.6) is 0 Å². The van der Waals surface area contributed by atoms with E-state index in [0.717, 1.165) is 46.1 Å². The first-order valence-electron chi connectivity index (χ1n) is 22.4. The third-order valence-corrected chi connectivity index (χ3v) is 11.3. The van der Waals surface area contributed by atoms with Gasteiger partial charge in [-0.3, -0.25) is 4.98 Å². The average Bonchev–Trinajstić information content (AvgIpc) is 3.84. The van der Waals surface area contributed by atoms with Gasteiger partial charge in [-0.1, -0.05) is 192 Å². The summed E-state index contributed by atoms with van der Waals surface area (Å²) >= 11 is 0. The van der Waals surface area contributed by atoms with Crippen LogP contribution < -0.4 is 5.73 Å². The lowest BCUT2D eigenvalue weighted by atomic mass is 10.0. The fourth-order valence-electron chi connectivity index (χ4n) is 8.09. The highest BCUT2D eigenvalue weighted by molar-refractivity contribution is 6.06. The molecule has 4 heterocycles. The number of anilines is 1. The molecule has 0 radical (unpaired) electrons. The molecule has 0 fully saturated rings. The van der Waals surface area contributed by atoms with Crippen molar-refractivity contribution in [2.24, 2.45) is 0 Å². The van der Waals surface area contributed by atoms with Gasteiger partial charge in [0, 0.05) is 23.9 Å². The zero-order valence-electron chi connectivity index (χ0n) is 34.5. The maximum absolute atomic E-state index is 6.13. The van der Waals surface area contributed by atoms with E-state index < -0.39 is 0 Å². The third-order valence-electron chi connectivity index (χ3n) is 11.3. The van der Waals surface area contributed by atoms with Crippen LogP contribution in [0.15, 0.2) is 67.4 Å². The van der Waals surface area contributed by atoms with Crippen LogP contribution in [0.3, 0.4) is 0 Å². The zero-order valence-corrected chi connectivity index (χ0v) is 34.5. The summed E-state index contributed by atoms with van der Waals surface area (Å²) in [6, 6.07) is 16.6. The average molecular weight is 746 g/mol. The Morgan fingerprint density at radius 2 is 0.855 bits per heavy atom. The number of aromatic nitrogens is 6. The minimum Gasteiger partial charge on any atom is -0.382 e. The van der Waals surface area contributed by atoms with Crippen LogP contribution >= 0.6 is 0 Å². The number of nitrogens with zero attached hydrogens (tertiary/aromatic N) is 6. The minimum atomic E-state index is 0.531. The maximum atomic E-state index is 6.13. The highest BCUT2D eigenvalue weighted by Crippen LogP contribution is 2.28. The SMILES string of the molecule is CCCCCCCCCCCCCCCCn1cnc2c(N)nc3ccccc3c21.CCCCCCCCCCCCn1cnc2cnc3ccccc3c21. The molecular formula is C48H71N7. The maximum Gasteiger partial charge on any atom is 0.152 e. The Morgan fingerprint density at radius 3 is 1.38 bits per heavy atom. The Labute approximate surface area is 331 Å². The van der Waals surface area contributed by atoms with Crippen LogP contribution in [0, 0.1) is 0 Å². The van der Waals surface area contributed by atoms with Gasteiger partial charge < -0.3 is 14.9 Å². The van der Waals surface area contributed by atoms with Gasteiger partial charge in [-0.2, -0.15) is 0 Å². The number of unbranched alkanes of at least 4 members (excludes halogenated alkanes) is 22. The van der Waals surface area contributed by atoms with Gasteiger partial charge >= 0.3 is 0 Å². The van der Waals surface area contributed by atoms with E-state index in [4.69, 9.17) is 5.73 Å². The Kier molecular flexibility index (Phi) is 18.8. The van der Waals surface area contributed by atoms with Crippen LogP contribution in [0.4, 0.5) is 5.82 Å². The lowest BCUT2D eigenvalue weighted by Gasteiger charge is -2.08. The summed E-state index contributed by atoms with van der Waals surface area (Å²) in [6.45, 7) is 6.63. The smallest absolute Gasteiger partial charge is 0.152 e. The summed E-state index contributed by atoms with van der Waals surface area (Å²) in [7, 11) is 0. The van der Waals surface area contributed by atoms with E-state index in [9.17, 15) is 0 Å². The molecule has 0 aliphatic heterocycles. The van der Waals surface area contributed by atoms with Crippen molar-refractivity contribution in [2.75, 3.05) is 5.73 Å². The van der Waals surface area contributed by atoms with E-state index in [1.165, 1.54) is 165 Å². The van der Waals surface area contributed by atoms with Crippen molar-refractivity contribution >= 4 is 49.7 Å². The molecular weight excluding hydrogens is 675 g/mol. The highest BCUT2D eigenvalue weighted by atomic mass is 15.1. The number of hydrogen-bond acceptors (Lipinski definition) is 5. The number of nitrogens with two attached hydrogens (primary N) is 1. The molecule has 6 rings (SSSR count). The van der Waals surface area contributed by atoms with Crippen LogP contribution in [0.2, 0.25) is 0 Å². The second kappa shape index (κ2) is 24.5. The second-order valence-corrected chi connectivity index (χ2v) is 15.9. The van der Waals surface area contributed by atoms with Gasteiger partial charge in [-0.15, -0.1) is 0 Å². The first-order valence-corrected chi connectivity index (χ1v) is 22.4. The fourth-order valence-corrected chi connectivity index (χ4v) is 8.09. The van der Waals surface area contributed by atoms with E-state index in [0.29, 0.717) is 5.82 Å². The Hall–Kier alpha value is -4.00. The predicted molar refractivity (Wildman–Crippen MR) is 237 cm³/mol. The summed E-state index contributed by atoms with van der Waals surface area (Å²) in [5.74, 6) is 0.531. The van der Waals surface area contributed by atoms with Gasteiger partial charge in [0.25, 0.3) is 0 Å². The Bertz CT molecular complexity index is 1940. The molecule has 0 saturated heterocycles. The molecule has 0 aliphatic rings. The number of para-hydroxylation sites is 2. The van der Waals surface area contributed by atoms with Crippen molar-refractivity contribution in [3.05, 3.63) is 67.4 Å². The molecule has 2 aromatic carbocycles. The number of fused-ring (bicyclic) bond motifs is 6. The number of imidazole rings is 2. The Morgan fingerprint density at radius 1 is 0.436 bits per heavy atom. The van der Waals surface area contributed by atoms with Crippen LogP contribution in [-0.2, 0) is 13.1 Å². The van der Waals surface area contributed by atoms with Crippen molar-refractivity contribution in [3.63, 3.8) is 0 Å². The number of nitrogen functional groups attached to an aromatic ring is 1. The third kappa shape index (κ3) is 13.3. The molecule has 0 spiro atoms. The molecule has 0 bridgehead atoms. The monoisotopic (exact) mass is 746 g/mol. The summed E-state index contributed by atoms with van der Waals surface area (Å²) < 4.78 is 4.57. The van der Waals surface area contributed by atoms with Crippen LogP contribution in [0.1, 0.15) is 168 Å². The molecule has 55 heavy (non-hydrogen) atoms. The number of hydrogen-bond donors (Lipinski definition) is 1. The minimum absolute atomic E-state index is 0.531. The topological polar surface area (TPSA) is 87.4 Å². The molecule has 0 atom stereocenters. The molecule has 6 aromatic rings. The van der Waals surface area contributed by atoms with Crippen molar-refractivity contribution in [2.45, 2.75) is 181 Å². The van der Waals surface area contributed by atoms with Gasteiger partial charge in [0.1, 0.15) is 11.0 Å². The largest absolute Gasteiger partial charge is 0.382 e.